The molecule has 0 bridgehead atoms. The van der Waals surface area contributed by atoms with Gasteiger partial charge in [-0.05, 0) is 59.7 Å². The topological polar surface area (TPSA) is 77.0 Å². The number of amides is 1. The van der Waals surface area contributed by atoms with Crippen LogP contribution >= 0.6 is 23.2 Å². The SMILES string of the molecule is O=C(COc1ccc(Cl)cc1Cl)N/N=C\c1ccc(OC(=O)/C=C/c2ccccc2)cc1. The Bertz CT molecular complexity index is 1130. The van der Waals surface area contributed by atoms with E-state index in [1.165, 1.54) is 18.4 Å². The van der Waals surface area contributed by atoms with E-state index in [2.05, 4.69) is 10.5 Å². The molecule has 8 heteroatoms. The van der Waals surface area contributed by atoms with Gasteiger partial charge in [0.05, 0.1) is 11.2 Å². The highest BCUT2D eigenvalue weighted by Gasteiger charge is 2.06. The number of esters is 1. The first-order valence-corrected chi connectivity index (χ1v) is 10.2. The Morgan fingerprint density at radius 2 is 1.69 bits per heavy atom. The maximum Gasteiger partial charge on any atom is 0.336 e. The molecule has 0 saturated heterocycles. The number of ether oxygens (including phenoxy) is 2. The summed E-state index contributed by atoms with van der Waals surface area (Å²) >= 11 is 11.8. The molecule has 0 unspecified atom stereocenters. The van der Waals surface area contributed by atoms with E-state index in [-0.39, 0.29) is 6.61 Å². The molecular weight excluding hydrogens is 451 g/mol. The molecule has 0 atom stereocenters. The van der Waals surface area contributed by atoms with Gasteiger partial charge in [0.15, 0.2) is 6.61 Å². The van der Waals surface area contributed by atoms with Crippen molar-refractivity contribution >= 4 is 47.4 Å². The van der Waals surface area contributed by atoms with Gasteiger partial charge in [-0.1, -0.05) is 53.5 Å². The van der Waals surface area contributed by atoms with Crippen LogP contribution in [-0.4, -0.2) is 24.7 Å². The summed E-state index contributed by atoms with van der Waals surface area (Å²) in [5, 5.41) is 4.65. The number of benzene rings is 3. The zero-order valence-corrected chi connectivity index (χ0v) is 18.2. The number of nitrogens with zero attached hydrogens (tertiary/aromatic N) is 1. The van der Waals surface area contributed by atoms with Crippen molar-refractivity contribution in [2.24, 2.45) is 5.10 Å². The minimum atomic E-state index is -0.483. The molecule has 6 nitrogen and oxygen atoms in total. The van der Waals surface area contributed by atoms with Gasteiger partial charge >= 0.3 is 5.97 Å². The average molecular weight is 469 g/mol. The normalized spacial score (nSPS) is 10.9. The maximum absolute atomic E-state index is 11.9. The quantitative estimate of drug-likeness (QED) is 0.163. The zero-order chi connectivity index (χ0) is 22.8. The highest BCUT2D eigenvalue weighted by atomic mass is 35.5. The lowest BCUT2D eigenvalue weighted by atomic mass is 10.2. The van der Waals surface area contributed by atoms with E-state index >= 15 is 0 Å². The summed E-state index contributed by atoms with van der Waals surface area (Å²) in [5.41, 5.74) is 3.96. The van der Waals surface area contributed by atoms with Crippen molar-refractivity contribution in [3.05, 3.63) is 100 Å². The standard InChI is InChI=1S/C24H18Cl2N2O4/c25-19-9-12-22(21(26)14-19)31-16-23(29)28-27-15-18-6-10-20(11-7-18)32-24(30)13-8-17-4-2-1-3-5-17/h1-15H,16H2,(H,28,29)/b13-8+,27-15-. The Morgan fingerprint density at radius 3 is 2.41 bits per heavy atom. The monoisotopic (exact) mass is 468 g/mol. The highest BCUT2D eigenvalue weighted by molar-refractivity contribution is 6.35. The van der Waals surface area contributed by atoms with Crippen molar-refractivity contribution < 1.29 is 19.1 Å². The molecule has 0 fully saturated rings. The van der Waals surface area contributed by atoms with Gasteiger partial charge in [-0.15, -0.1) is 0 Å². The van der Waals surface area contributed by atoms with Crippen LogP contribution in [0.1, 0.15) is 11.1 Å². The van der Waals surface area contributed by atoms with Crippen LogP contribution in [0.2, 0.25) is 10.0 Å². The lowest BCUT2D eigenvalue weighted by Gasteiger charge is -2.07. The van der Waals surface area contributed by atoms with Crippen molar-refractivity contribution in [1.29, 1.82) is 0 Å². The van der Waals surface area contributed by atoms with Gasteiger partial charge in [0.1, 0.15) is 11.5 Å². The molecule has 0 aliphatic heterocycles. The third-order valence-electron chi connectivity index (χ3n) is 3.97. The molecule has 1 amide bonds. The number of carbonyl (C=O) groups excluding carboxylic acids is 2. The molecule has 3 aromatic rings. The van der Waals surface area contributed by atoms with E-state index in [0.29, 0.717) is 27.1 Å². The number of hydrogen-bond donors (Lipinski definition) is 1. The summed E-state index contributed by atoms with van der Waals surface area (Å²) in [6, 6.07) is 20.8. The van der Waals surface area contributed by atoms with Crippen LogP contribution in [0.25, 0.3) is 6.08 Å². The van der Waals surface area contributed by atoms with Gasteiger partial charge in [-0.25, -0.2) is 10.2 Å². The smallest absolute Gasteiger partial charge is 0.336 e. The van der Waals surface area contributed by atoms with E-state index in [0.717, 1.165) is 5.56 Å². The largest absolute Gasteiger partial charge is 0.482 e. The number of carbonyl (C=O) groups is 2. The average Bonchev–Trinajstić information content (AvgIpc) is 2.79. The van der Waals surface area contributed by atoms with Crippen LogP contribution < -0.4 is 14.9 Å². The van der Waals surface area contributed by atoms with E-state index < -0.39 is 11.9 Å². The molecule has 3 aromatic carbocycles. The number of hydrazone groups is 1. The van der Waals surface area contributed by atoms with Gasteiger partial charge < -0.3 is 9.47 Å². The Hall–Kier alpha value is -3.61. The second-order valence-corrected chi connectivity index (χ2v) is 7.23. The zero-order valence-electron chi connectivity index (χ0n) is 16.7. The third kappa shape index (κ3) is 7.58. The van der Waals surface area contributed by atoms with Crippen molar-refractivity contribution in [1.82, 2.24) is 5.43 Å². The van der Waals surface area contributed by atoms with Crippen LogP contribution in [0.3, 0.4) is 0 Å². The predicted molar refractivity (Wildman–Crippen MR) is 125 cm³/mol. The molecule has 0 radical (unpaired) electrons. The molecule has 0 spiro atoms. The first-order chi connectivity index (χ1) is 15.5. The van der Waals surface area contributed by atoms with E-state index in [4.69, 9.17) is 32.7 Å². The van der Waals surface area contributed by atoms with Gasteiger partial charge in [-0.3, -0.25) is 4.79 Å². The van der Waals surface area contributed by atoms with E-state index in [1.807, 2.05) is 30.3 Å². The molecule has 0 heterocycles. The van der Waals surface area contributed by atoms with Crippen LogP contribution in [0, 0.1) is 0 Å². The van der Waals surface area contributed by atoms with Crippen molar-refractivity contribution in [3.63, 3.8) is 0 Å². The summed E-state index contributed by atoms with van der Waals surface area (Å²) in [6.07, 6.45) is 4.49. The fraction of sp³-hybridized carbons (Fsp3) is 0.0417. The number of rotatable bonds is 8. The fourth-order valence-electron chi connectivity index (χ4n) is 2.45. The molecule has 3 rings (SSSR count). The molecule has 0 saturated carbocycles. The first kappa shape index (κ1) is 23.1. The van der Waals surface area contributed by atoms with Gasteiger partial charge in [0, 0.05) is 11.1 Å². The summed E-state index contributed by atoms with van der Waals surface area (Å²) in [5.74, 6) is -0.201. The molecule has 0 aliphatic rings. The van der Waals surface area contributed by atoms with Crippen LogP contribution in [0.4, 0.5) is 0 Å². The Balaban J connectivity index is 1.43. The van der Waals surface area contributed by atoms with Crippen molar-refractivity contribution in [2.75, 3.05) is 6.61 Å². The Labute approximate surface area is 195 Å². The minimum absolute atomic E-state index is 0.260. The maximum atomic E-state index is 11.9. The summed E-state index contributed by atoms with van der Waals surface area (Å²) < 4.78 is 10.6. The Kier molecular flexibility index (Phi) is 8.43. The van der Waals surface area contributed by atoms with Crippen LogP contribution in [0.5, 0.6) is 11.5 Å². The second kappa shape index (κ2) is 11.7. The highest BCUT2D eigenvalue weighted by Crippen LogP contribution is 2.27. The van der Waals surface area contributed by atoms with Crippen molar-refractivity contribution in [2.45, 2.75) is 0 Å². The third-order valence-corrected chi connectivity index (χ3v) is 4.50. The molecule has 0 aromatic heterocycles. The van der Waals surface area contributed by atoms with Gasteiger partial charge in [0.2, 0.25) is 0 Å². The van der Waals surface area contributed by atoms with Crippen molar-refractivity contribution in [3.8, 4) is 11.5 Å². The second-order valence-electron chi connectivity index (χ2n) is 6.39. The molecule has 0 aliphatic carbocycles. The summed E-state index contributed by atoms with van der Waals surface area (Å²) in [7, 11) is 0. The fourth-order valence-corrected chi connectivity index (χ4v) is 2.91. The molecule has 1 N–H and O–H groups in total. The summed E-state index contributed by atoms with van der Waals surface area (Å²) in [4.78, 5) is 23.8. The molecule has 32 heavy (non-hydrogen) atoms. The van der Waals surface area contributed by atoms with Gasteiger partial charge in [0.25, 0.3) is 5.91 Å². The first-order valence-electron chi connectivity index (χ1n) is 9.44. The van der Waals surface area contributed by atoms with Gasteiger partial charge in [-0.2, -0.15) is 5.10 Å². The lowest BCUT2D eigenvalue weighted by molar-refractivity contribution is -0.129. The Morgan fingerprint density at radius 1 is 0.938 bits per heavy atom. The number of hydrogen-bond acceptors (Lipinski definition) is 5. The summed E-state index contributed by atoms with van der Waals surface area (Å²) in [6.45, 7) is -0.260. The molecule has 162 valence electrons. The molecular formula is C24H18Cl2N2O4. The van der Waals surface area contributed by atoms with E-state index in [1.54, 1.807) is 42.5 Å². The lowest BCUT2D eigenvalue weighted by Crippen LogP contribution is -2.24. The number of halogens is 2. The predicted octanol–water partition coefficient (Wildman–Crippen LogP) is 5.14. The number of nitrogens with one attached hydrogen (secondary N) is 1. The van der Waals surface area contributed by atoms with Crippen LogP contribution in [-0.2, 0) is 9.59 Å². The van der Waals surface area contributed by atoms with E-state index in [9.17, 15) is 9.59 Å². The van der Waals surface area contributed by atoms with Crippen LogP contribution in [0.15, 0.2) is 84.0 Å². The minimum Gasteiger partial charge on any atom is -0.482 e.